The standard InChI is InChI=1S/C24H32O4/c1-24(2,26)20-16-8-14-17(20)9-27-21(14)22(16)28-23(25)15-7-12-6-13(15)19-11-4-3-10(5-11)18(12)19/h3-4,10-22,26H,5-9H2,1-2H3. The summed E-state index contributed by atoms with van der Waals surface area (Å²) in [6, 6.07) is 0. The monoisotopic (exact) mass is 384 g/mol. The van der Waals surface area contributed by atoms with Crippen LogP contribution in [0, 0.1) is 65.1 Å². The molecule has 7 rings (SSSR count). The van der Waals surface area contributed by atoms with Gasteiger partial charge in [0.2, 0.25) is 0 Å². The number of allylic oxidation sites excluding steroid dienone is 2. The van der Waals surface area contributed by atoms with Gasteiger partial charge in [0, 0.05) is 5.92 Å². The summed E-state index contributed by atoms with van der Waals surface area (Å²) in [4.78, 5) is 13.3. The van der Waals surface area contributed by atoms with Gasteiger partial charge in [-0.05, 0) is 92.8 Å². The molecule has 13 atom stereocenters. The van der Waals surface area contributed by atoms with Crippen molar-refractivity contribution in [3.8, 4) is 0 Å². The fourth-order valence-electron chi connectivity index (χ4n) is 9.80. The normalized spacial score (nSPS) is 59.5. The first kappa shape index (κ1) is 16.9. The fraction of sp³-hybridized carbons (Fsp3) is 0.875. The van der Waals surface area contributed by atoms with Crippen LogP contribution in [0.5, 0.6) is 0 Å². The van der Waals surface area contributed by atoms with E-state index in [2.05, 4.69) is 12.2 Å². The third kappa shape index (κ3) is 1.93. The molecule has 1 aliphatic heterocycles. The lowest BCUT2D eigenvalue weighted by Crippen LogP contribution is -2.48. The number of fused-ring (bicyclic) bond motifs is 10. The van der Waals surface area contributed by atoms with E-state index in [1.807, 2.05) is 13.8 Å². The van der Waals surface area contributed by atoms with Crippen molar-refractivity contribution in [2.24, 2.45) is 65.1 Å². The first-order valence-corrected chi connectivity index (χ1v) is 11.6. The van der Waals surface area contributed by atoms with Crippen LogP contribution in [-0.2, 0) is 14.3 Å². The second-order valence-corrected chi connectivity index (χ2v) is 11.7. The van der Waals surface area contributed by atoms with Gasteiger partial charge < -0.3 is 14.6 Å². The van der Waals surface area contributed by atoms with Crippen LogP contribution in [0.4, 0.5) is 0 Å². The molecule has 28 heavy (non-hydrogen) atoms. The molecule has 13 unspecified atom stereocenters. The maximum absolute atomic E-state index is 13.3. The maximum atomic E-state index is 13.3. The van der Waals surface area contributed by atoms with Gasteiger partial charge in [-0.2, -0.15) is 0 Å². The van der Waals surface area contributed by atoms with E-state index in [-0.39, 0.29) is 35.9 Å². The zero-order valence-electron chi connectivity index (χ0n) is 16.9. The molecular weight excluding hydrogens is 352 g/mol. The van der Waals surface area contributed by atoms with E-state index in [1.54, 1.807) is 0 Å². The summed E-state index contributed by atoms with van der Waals surface area (Å²) >= 11 is 0. The summed E-state index contributed by atoms with van der Waals surface area (Å²) in [5, 5.41) is 10.8. The first-order valence-electron chi connectivity index (χ1n) is 11.6. The van der Waals surface area contributed by atoms with E-state index in [9.17, 15) is 9.90 Å². The average Bonchev–Trinajstić information content (AvgIpc) is 3.45. The van der Waals surface area contributed by atoms with Crippen LogP contribution < -0.4 is 0 Å². The van der Waals surface area contributed by atoms with Gasteiger partial charge in [0.05, 0.1) is 24.2 Å². The largest absolute Gasteiger partial charge is 0.459 e. The molecular formula is C24H32O4. The lowest BCUT2D eigenvalue weighted by atomic mass is 9.69. The Morgan fingerprint density at radius 1 is 1.00 bits per heavy atom. The molecule has 6 bridgehead atoms. The second-order valence-electron chi connectivity index (χ2n) is 11.7. The molecule has 0 spiro atoms. The van der Waals surface area contributed by atoms with Crippen molar-refractivity contribution in [2.45, 2.75) is 57.3 Å². The summed E-state index contributed by atoms with van der Waals surface area (Å²) in [5.41, 5.74) is -0.734. The molecule has 0 aromatic rings. The number of rotatable bonds is 3. The van der Waals surface area contributed by atoms with E-state index in [4.69, 9.17) is 9.47 Å². The van der Waals surface area contributed by atoms with E-state index in [1.165, 1.54) is 12.8 Å². The molecule has 1 N–H and O–H groups in total. The van der Waals surface area contributed by atoms with Crippen LogP contribution >= 0.6 is 0 Å². The van der Waals surface area contributed by atoms with Crippen molar-refractivity contribution in [3.63, 3.8) is 0 Å². The van der Waals surface area contributed by atoms with Crippen LogP contribution in [0.15, 0.2) is 12.2 Å². The molecule has 6 fully saturated rings. The van der Waals surface area contributed by atoms with Crippen LogP contribution in [0.3, 0.4) is 0 Å². The zero-order chi connectivity index (χ0) is 18.9. The Morgan fingerprint density at radius 2 is 1.79 bits per heavy atom. The van der Waals surface area contributed by atoms with Gasteiger partial charge in [-0.1, -0.05) is 12.2 Å². The highest BCUT2D eigenvalue weighted by Crippen LogP contribution is 2.67. The Balaban J connectivity index is 1.11. The number of esters is 1. The number of aliphatic hydroxyl groups is 1. The smallest absolute Gasteiger partial charge is 0.309 e. The minimum absolute atomic E-state index is 0.0526. The lowest BCUT2D eigenvalue weighted by molar-refractivity contribution is -0.170. The summed E-state index contributed by atoms with van der Waals surface area (Å²) in [5.74, 6) is 5.92. The second kappa shape index (κ2) is 5.24. The summed E-state index contributed by atoms with van der Waals surface area (Å²) < 4.78 is 12.4. The Hall–Kier alpha value is -0.870. The zero-order valence-corrected chi connectivity index (χ0v) is 16.9. The minimum atomic E-state index is -0.734. The molecule has 4 heteroatoms. The van der Waals surface area contributed by atoms with Gasteiger partial charge >= 0.3 is 5.97 Å². The Labute approximate surface area is 167 Å². The van der Waals surface area contributed by atoms with Crippen molar-refractivity contribution < 1.29 is 19.4 Å². The molecule has 0 amide bonds. The quantitative estimate of drug-likeness (QED) is 0.462. The number of carbonyl (C=O) groups excluding carboxylic acids is 1. The van der Waals surface area contributed by atoms with Gasteiger partial charge in [0.25, 0.3) is 0 Å². The van der Waals surface area contributed by atoms with Crippen molar-refractivity contribution in [2.75, 3.05) is 6.61 Å². The average molecular weight is 385 g/mol. The van der Waals surface area contributed by atoms with Crippen LogP contribution in [-0.4, -0.2) is 35.5 Å². The molecule has 1 saturated heterocycles. The highest BCUT2D eigenvalue weighted by atomic mass is 16.6. The third-order valence-corrected chi connectivity index (χ3v) is 10.3. The molecule has 5 saturated carbocycles. The van der Waals surface area contributed by atoms with Gasteiger partial charge in [0.15, 0.2) is 0 Å². The highest BCUT2D eigenvalue weighted by Gasteiger charge is 2.67. The molecule has 152 valence electrons. The molecule has 4 nitrogen and oxygen atoms in total. The SMILES string of the molecule is CC(C)(O)C1C2COC3C2CC1C3OC(=O)C1CC2CC1C1C3C=CC(C3)C21. The van der Waals surface area contributed by atoms with Gasteiger partial charge in [-0.15, -0.1) is 0 Å². The van der Waals surface area contributed by atoms with Crippen molar-refractivity contribution in [1.82, 2.24) is 0 Å². The molecule has 6 aliphatic carbocycles. The number of hydrogen-bond donors (Lipinski definition) is 1. The summed E-state index contributed by atoms with van der Waals surface area (Å²) in [6.07, 6.45) is 9.52. The fourth-order valence-corrected chi connectivity index (χ4v) is 9.80. The van der Waals surface area contributed by atoms with Crippen LogP contribution in [0.2, 0.25) is 0 Å². The molecule has 0 aromatic heterocycles. The van der Waals surface area contributed by atoms with Crippen molar-refractivity contribution >= 4 is 5.97 Å². The molecule has 0 radical (unpaired) electrons. The van der Waals surface area contributed by atoms with E-state index in [0.717, 1.165) is 49.0 Å². The van der Waals surface area contributed by atoms with E-state index >= 15 is 0 Å². The van der Waals surface area contributed by atoms with Crippen molar-refractivity contribution in [3.05, 3.63) is 12.2 Å². The molecule has 7 aliphatic rings. The Bertz CT molecular complexity index is 752. The summed E-state index contributed by atoms with van der Waals surface area (Å²) in [7, 11) is 0. The van der Waals surface area contributed by atoms with Gasteiger partial charge in [0.1, 0.15) is 6.10 Å². The van der Waals surface area contributed by atoms with E-state index in [0.29, 0.717) is 17.8 Å². The molecule has 0 aromatic carbocycles. The number of hydrogen-bond acceptors (Lipinski definition) is 4. The summed E-state index contributed by atoms with van der Waals surface area (Å²) in [6.45, 7) is 4.56. The minimum Gasteiger partial charge on any atom is -0.459 e. The van der Waals surface area contributed by atoms with Crippen LogP contribution in [0.25, 0.3) is 0 Å². The molecule has 1 heterocycles. The van der Waals surface area contributed by atoms with Crippen molar-refractivity contribution in [1.29, 1.82) is 0 Å². The van der Waals surface area contributed by atoms with Gasteiger partial charge in [-0.3, -0.25) is 4.79 Å². The number of carbonyl (C=O) groups is 1. The number of ether oxygens (including phenoxy) is 2. The predicted octanol–water partition coefficient (Wildman–Crippen LogP) is 3.04. The lowest BCUT2D eigenvalue weighted by Gasteiger charge is -2.40. The topological polar surface area (TPSA) is 55.8 Å². The van der Waals surface area contributed by atoms with Crippen LogP contribution in [0.1, 0.15) is 39.5 Å². The first-order chi connectivity index (χ1) is 13.4. The third-order valence-electron chi connectivity index (χ3n) is 10.3. The Morgan fingerprint density at radius 3 is 2.57 bits per heavy atom. The van der Waals surface area contributed by atoms with E-state index < -0.39 is 5.60 Å². The predicted molar refractivity (Wildman–Crippen MR) is 102 cm³/mol. The maximum Gasteiger partial charge on any atom is 0.309 e. The highest BCUT2D eigenvalue weighted by molar-refractivity contribution is 5.74. The Kier molecular flexibility index (Phi) is 3.16. The van der Waals surface area contributed by atoms with Gasteiger partial charge in [-0.25, -0.2) is 0 Å².